The number of methoxy groups -OCH3 is 1. The second-order valence-electron chi connectivity index (χ2n) is 7.52. The lowest BCUT2D eigenvalue weighted by molar-refractivity contribution is -0.130. The van der Waals surface area contributed by atoms with E-state index in [0.717, 1.165) is 15.4 Å². The molecule has 0 bridgehead atoms. The maximum atomic E-state index is 13.0. The van der Waals surface area contributed by atoms with Gasteiger partial charge in [-0.2, -0.15) is 0 Å². The fourth-order valence-electron chi connectivity index (χ4n) is 3.94. The number of amides is 5. The third-order valence-electron chi connectivity index (χ3n) is 5.51. The number of para-hydroxylation sites is 1. The first kappa shape index (κ1) is 19.6. The third-order valence-corrected chi connectivity index (χ3v) is 5.51. The van der Waals surface area contributed by atoms with E-state index >= 15 is 0 Å². The predicted octanol–water partition coefficient (Wildman–Crippen LogP) is 1.84. The van der Waals surface area contributed by atoms with E-state index in [2.05, 4.69) is 5.32 Å². The Kier molecular flexibility index (Phi) is 4.77. The third kappa shape index (κ3) is 3.10. The van der Waals surface area contributed by atoms with E-state index in [1.165, 1.54) is 0 Å². The van der Waals surface area contributed by atoms with Crippen molar-refractivity contribution in [3.63, 3.8) is 0 Å². The number of carbonyl (C=O) groups excluding carboxylic acids is 4. The molecule has 5 amide bonds. The molecule has 2 heterocycles. The lowest BCUT2D eigenvalue weighted by Crippen LogP contribution is -2.46. The molecule has 2 aromatic carbocycles. The summed E-state index contributed by atoms with van der Waals surface area (Å²) in [5.41, 5.74) is 0.313. The number of carbonyl (C=O) groups is 4. The summed E-state index contributed by atoms with van der Waals surface area (Å²) in [6.07, 6.45) is 0.255. The van der Waals surface area contributed by atoms with Crippen molar-refractivity contribution >= 4 is 23.8 Å². The maximum Gasteiger partial charge on any atom is 0.325 e. The molecule has 0 radical (unpaired) electrons. The molecular formula is C22H21N3O5. The van der Waals surface area contributed by atoms with Crippen LogP contribution in [0.25, 0.3) is 0 Å². The molecule has 8 nitrogen and oxygen atoms in total. The topological polar surface area (TPSA) is 96.0 Å². The van der Waals surface area contributed by atoms with Gasteiger partial charge in [-0.1, -0.05) is 30.3 Å². The van der Waals surface area contributed by atoms with E-state index in [4.69, 9.17) is 4.74 Å². The molecule has 0 saturated carbocycles. The Bertz CT molecular complexity index is 1030. The number of hydrogen-bond acceptors (Lipinski definition) is 5. The van der Waals surface area contributed by atoms with Crippen molar-refractivity contribution in [3.05, 3.63) is 65.2 Å². The van der Waals surface area contributed by atoms with E-state index in [9.17, 15) is 19.2 Å². The van der Waals surface area contributed by atoms with E-state index in [1.807, 2.05) is 18.2 Å². The number of hydrogen-bond donors (Lipinski definition) is 1. The highest BCUT2D eigenvalue weighted by atomic mass is 16.5. The fraction of sp³-hybridized carbons (Fsp3) is 0.273. The van der Waals surface area contributed by atoms with Gasteiger partial charge >= 0.3 is 6.03 Å². The molecule has 30 heavy (non-hydrogen) atoms. The van der Waals surface area contributed by atoms with Gasteiger partial charge in [0.1, 0.15) is 11.3 Å². The second-order valence-corrected chi connectivity index (χ2v) is 7.52. The van der Waals surface area contributed by atoms with Crippen molar-refractivity contribution in [2.75, 3.05) is 20.2 Å². The Morgan fingerprint density at radius 3 is 2.07 bits per heavy atom. The molecule has 8 heteroatoms. The quantitative estimate of drug-likeness (QED) is 0.582. The number of imide groups is 2. The van der Waals surface area contributed by atoms with Gasteiger partial charge < -0.3 is 10.1 Å². The molecule has 1 atom stereocenters. The molecular weight excluding hydrogens is 386 g/mol. The van der Waals surface area contributed by atoms with Crippen molar-refractivity contribution in [1.29, 1.82) is 0 Å². The summed E-state index contributed by atoms with van der Waals surface area (Å²) in [4.78, 5) is 52.7. The van der Waals surface area contributed by atoms with Gasteiger partial charge in [0.2, 0.25) is 0 Å². The van der Waals surface area contributed by atoms with Crippen LogP contribution in [0.1, 0.15) is 33.2 Å². The van der Waals surface area contributed by atoms with Crippen LogP contribution in [-0.2, 0) is 11.2 Å². The van der Waals surface area contributed by atoms with Crippen molar-refractivity contribution < 1.29 is 23.9 Å². The molecule has 1 N–H and O–H groups in total. The Balaban J connectivity index is 1.47. The first-order chi connectivity index (χ1) is 14.4. The van der Waals surface area contributed by atoms with Crippen molar-refractivity contribution in [2.24, 2.45) is 0 Å². The Morgan fingerprint density at radius 2 is 1.43 bits per heavy atom. The van der Waals surface area contributed by atoms with Crippen LogP contribution in [0.5, 0.6) is 5.75 Å². The van der Waals surface area contributed by atoms with Gasteiger partial charge in [-0.3, -0.25) is 24.2 Å². The summed E-state index contributed by atoms with van der Waals surface area (Å²) in [6, 6.07) is 13.3. The molecule has 2 aliphatic rings. The van der Waals surface area contributed by atoms with Crippen LogP contribution < -0.4 is 10.1 Å². The molecule has 0 aromatic heterocycles. The van der Waals surface area contributed by atoms with E-state index < -0.39 is 29.3 Å². The zero-order chi connectivity index (χ0) is 21.5. The van der Waals surface area contributed by atoms with Crippen LogP contribution >= 0.6 is 0 Å². The summed E-state index contributed by atoms with van der Waals surface area (Å²) in [7, 11) is 1.55. The summed E-state index contributed by atoms with van der Waals surface area (Å²) >= 11 is 0. The highest BCUT2D eigenvalue weighted by molar-refractivity contribution is 6.21. The number of nitrogens with one attached hydrogen (secondary N) is 1. The lowest BCUT2D eigenvalue weighted by atomic mass is 9.92. The van der Waals surface area contributed by atoms with Gasteiger partial charge in [0.15, 0.2) is 0 Å². The van der Waals surface area contributed by atoms with E-state index in [0.29, 0.717) is 16.9 Å². The molecule has 2 aromatic rings. The number of rotatable bonds is 6. The van der Waals surface area contributed by atoms with Crippen LogP contribution in [-0.4, -0.2) is 59.3 Å². The van der Waals surface area contributed by atoms with Gasteiger partial charge in [0, 0.05) is 19.5 Å². The zero-order valence-corrected chi connectivity index (χ0v) is 16.7. The van der Waals surface area contributed by atoms with Gasteiger partial charge in [0.25, 0.3) is 17.7 Å². The lowest BCUT2D eigenvalue weighted by Gasteiger charge is -2.23. The number of benzene rings is 2. The average molecular weight is 407 g/mol. The smallest absolute Gasteiger partial charge is 0.325 e. The SMILES string of the molecule is COc1ccccc1C[C@@]1(C)NC(=O)N(CCN2C(=O)c3ccccc3C2=O)C1=O. The molecule has 0 aliphatic carbocycles. The molecule has 154 valence electrons. The van der Waals surface area contributed by atoms with Crippen molar-refractivity contribution in [3.8, 4) is 5.75 Å². The standard InChI is InChI=1S/C22H21N3O5/c1-22(13-14-7-3-6-10-17(14)30-2)20(28)25(21(29)23-22)12-11-24-18(26)15-8-4-5-9-16(15)19(24)27/h3-10H,11-13H2,1-2H3,(H,23,29)/t22-/m1/s1. The number of ether oxygens (including phenoxy) is 1. The Hall–Kier alpha value is -3.68. The number of nitrogens with zero attached hydrogens (tertiary/aromatic N) is 2. The molecule has 4 rings (SSSR count). The summed E-state index contributed by atoms with van der Waals surface area (Å²) in [6.45, 7) is 1.52. The Morgan fingerprint density at radius 1 is 0.867 bits per heavy atom. The van der Waals surface area contributed by atoms with Crippen molar-refractivity contribution in [1.82, 2.24) is 15.1 Å². The van der Waals surface area contributed by atoms with Gasteiger partial charge in [-0.05, 0) is 30.7 Å². The van der Waals surface area contributed by atoms with Gasteiger partial charge in [-0.15, -0.1) is 0 Å². The first-order valence-electron chi connectivity index (χ1n) is 9.57. The summed E-state index contributed by atoms with van der Waals surface area (Å²) in [5, 5.41) is 2.74. The minimum atomic E-state index is -1.15. The summed E-state index contributed by atoms with van der Waals surface area (Å²) in [5.74, 6) is -0.612. The fourth-order valence-corrected chi connectivity index (χ4v) is 3.94. The molecule has 2 aliphatic heterocycles. The monoisotopic (exact) mass is 407 g/mol. The highest BCUT2D eigenvalue weighted by Crippen LogP contribution is 2.28. The normalized spacial score (nSPS) is 20.6. The largest absolute Gasteiger partial charge is 0.496 e. The number of fused-ring (bicyclic) bond motifs is 1. The molecule has 1 fully saturated rings. The Labute approximate surface area is 173 Å². The average Bonchev–Trinajstić information content (AvgIpc) is 3.11. The van der Waals surface area contributed by atoms with E-state index in [-0.39, 0.29) is 19.5 Å². The van der Waals surface area contributed by atoms with Gasteiger partial charge in [0.05, 0.1) is 18.2 Å². The van der Waals surface area contributed by atoms with Crippen LogP contribution in [0, 0.1) is 0 Å². The minimum Gasteiger partial charge on any atom is -0.496 e. The predicted molar refractivity (Wildman–Crippen MR) is 107 cm³/mol. The first-order valence-corrected chi connectivity index (χ1v) is 9.57. The number of urea groups is 1. The minimum absolute atomic E-state index is 0.0593. The van der Waals surface area contributed by atoms with Gasteiger partial charge in [-0.25, -0.2) is 4.79 Å². The van der Waals surface area contributed by atoms with Crippen molar-refractivity contribution in [2.45, 2.75) is 18.9 Å². The second kappa shape index (κ2) is 7.29. The maximum absolute atomic E-state index is 13.0. The van der Waals surface area contributed by atoms with Crippen LogP contribution in [0.3, 0.4) is 0 Å². The van der Waals surface area contributed by atoms with E-state index in [1.54, 1.807) is 44.4 Å². The van der Waals surface area contributed by atoms with Crippen LogP contribution in [0.4, 0.5) is 4.79 Å². The summed E-state index contributed by atoms with van der Waals surface area (Å²) < 4.78 is 5.34. The molecule has 0 unspecified atom stereocenters. The molecule has 1 saturated heterocycles. The highest BCUT2D eigenvalue weighted by Gasteiger charge is 2.48. The zero-order valence-electron chi connectivity index (χ0n) is 16.7. The van der Waals surface area contributed by atoms with Crippen LogP contribution in [0.2, 0.25) is 0 Å². The molecule has 0 spiro atoms. The van der Waals surface area contributed by atoms with Crippen LogP contribution in [0.15, 0.2) is 48.5 Å².